The lowest BCUT2D eigenvalue weighted by molar-refractivity contribution is 0.251. The van der Waals surface area contributed by atoms with Crippen molar-refractivity contribution < 1.29 is 8.42 Å². The lowest BCUT2D eigenvalue weighted by atomic mass is 9.78. The average Bonchev–Trinajstić information content (AvgIpc) is 2.42. The molecule has 0 bridgehead atoms. The van der Waals surface area contributed by atoms with Gasteiger partial charge < -0.3 is 5.73 Å². The van der Waals surface area contributed by atoms with Crippen LogP contribution in [0.5, 0.6) is 0 Å². The Morgan fingerprint density at radius 2 is 2.05 bits per heavy atom. The Morgan fingerprint density at radius 3 is 2.71 bits per heavy atom. The quantitative estimate of drug-likeness (QED) is 0.897. The Bertz CT molecular complexity index is 739. The zero-order valence-electron chi connectivity index (χ0n) is 11.5. The smallest absolute Gasteiger partial charge is 0.241 e. The molecule has 0 spiro atoms. The van der Waals surface area contributed by atoms with E-state index in [-0.39, 0.29) is 29.4 Å². The molecular weight excluding hydrogens is 310 g/mol. The molecule has 0 amide bonds. The van der Waals surface area contributed by atoms with Gasteiger partial charge in [0, 0.05) is 35.2 Å². The van der Waals surface area contributed by atoms with E-state index in [9.17, 15) is 8.42 Å². The molecular formula is C14H18ClN3O2S. The Kier molecular flexibility index (Phi) is 4.53. The first kappa shape index (κ1) is 16.2. The van der Waals surface area contributed by atoms with Crippen molar-refractivity contribution in [1.82, 2.24) is 9.71 Å². The van der Waals surface area contributed by atoms with Gasteiger partial charge in [-0.25, -0.2) is 13.1 Å². The predicted molar refractivity (Wildman–Crippen MR) is 84.9 cm³/mol. The van der Waals surface area contributed by atoms with E-state index in [2.05, 4.69) is 9.71 Å². The summed E-state index contributed by atoms with van der Waals surface area (Å²) in [5, 5.41) is 1.48. The van der Waals surface area contributed by atoms with Gasteiger partial charge in [-0.3, -0.25) is 4.98 Å². The van der Waals surface area contributed by atoms with Crippen LogP contribution in [0, 0.1) is 0 Å². The van der Waals surface area contributed by atoms with Gasteiger partial charge in [0.25, 0.3) is 0 Å². The van der Waals surface area contributed by atoms with Gasteiger partial charge in [-0.2, -0.15) is 0 Å². The molecule has 21 heavy (non-hydrogen) atoms. The number of fused-ring (bicyclic) bond motifs is 1. The van der Waals surface area contributed by atoms with Crippen LogP contribution in [0.25, 0.3) is 10.8 Å². The summed E-state index contributed by atoms with van der Waals surface area (Å²) in [5.74, 6) is 0. The van der Waals surface area contributed by atoms with Crippen LogP contribution in [0.4, 0.5) is 0 Å². The molecule has 114 valence electrons. The Balaban J connectivity index is 0.00000161. The number of nitrogens with one attached hydrogen (secondary N) is 1. The summed E-state index contributed by atoms with van der Waals surface area (Å²) in [6.45, 7) is 0.288. The summed E-state index contributed by atoms with van der Waals surface area (Å²) >= 11 is 0. The van der Waals surface area contributed by atoms with Crippen LogP contribution in [-0.2, 0) is 10.0 Å². The average molecular weight is 328 g/mol. The first-order chi connectivity index (χ1) is 9.50. The van der Waals surface area contributed by atoms with E-state index in [0.717, 1.165) is 24.6 Å². The Morgan fingerprint density at radius 1 is 1.29 bits per heavy atom. The van der Waals surface area contributed by atoms with Crippen LogP contribution >= 0.6 is 12.4 Å². The van der Waals surface area contributed by atoms with Crippen molar-refractivity contribution in [3.63, 3.8) is 0 Å². The van der Waals surface area contributed by atoms with Crippen LogP contribution in [0.1, 0.15) is 19.3 Å². The molecule has 0 unspecified atom stereocenters. The third-order valence-electron chi connectivity index (χ3n) is 3.89. The van der Waals surface area contributed by atoms with Gasteiger partial charge in [-0.05, 0) is 31.4 Å². The summed E-state index contributed by atoms with van der Waals surface area (Å²) in [5.41, 5.74) is 5.69. The lowest BCUT2D eigenvalue weighted by Gasteiger charge is -2.38. The van der Waals surface area contributed by atoms with Crippen molar-refractivity contribution in [1.29, 1.82) is 0 Å². The normalized spacial score (nSPS) is 17.0. The molecule has 0 saturated heterocycles. The van der Waals surface area contributed by atoms with Crippen molar-refractivity contribution in [2.45, 2.75) is 29.7 Å². The zero-order chi connectivity index (χ0) is 14.2. The first-order valence-corrected chi connectivity index (χ1v) is 8.10. The zero-order valence-corrected chi connectivity index (χ0v) is 13.1. The largest absolute Gasteiger partial charge is 0.324 e. The minimum absolute atomic E-state index is 0. The molecule has 3 rings (SSSR count). The third kappa shape index (κ3) is 3.18. The molecule has 1 aromatic heterocycles. The molecule has 3 N–H and O–H groups in total. The monoisotopic (exact) mass is 327 g/mol. The van der Waals surface area contributed by atoms with Crippen molar-refractivity contribution in [3.8, 4) is 0 Å². The maximum absolute atomic E-state index is 12.4. The second-order valence-electron chi connectivity index (χ2n) is 5.39. The fraction of sp³-hybridized carbons (Fsp3) is 0.357. The maximum atomic E-state index is 12.4. The maximum Gasteiger partial charge on any atom is 0.241 e. The number of nitrogens with zero attached hydrogens (tertiary/aromatic N) is 1. The minimum atomic E-state index is -3.55. The molecule has 1 aliphatic carbocycles. The van der Waals surface area contributed by atoms with E-state index in [4.69, 9.17) is 5.73 Å². The van der Waals surface area contributed by atoms with Crippen LogP contribution in [0.15, 0.2) is 41.6 Å². The number of halogens is 1. The van der Waals surface area contributed by atoms with E-state index in [0.29, 0.717) is 5.39 Å². The topological polar surface area (TPSA) is 85.1 Å². The highest BCUT2D eigenvalue weighted by Crippen LogP contribution is 2.29. The van der Waals surface area contributed by atoms with Gasteiger partial charge in [-0.15, -0.1) is 12.4 Å². The molecule has 2 aromatic rings. The van der Waals surface area contributed by atoms with Gasteiger partial charge in [-0.1, -0.05) is 12.1 Å². The predicted octanol–water partition coefficient (Wildman–Crippen LogP) is 1.82. The molecule has 0 radical (unpaired) electrons. The van der Waals surface area contributed by atoms with Crippen LogP contribution < -0.4 is 10.5 Å². The number of hydrogen-bond acceptors (Lipinski definition) is 4. The Labute approximate surface area is 130 Å². The molecule has 1 saturated carbocycles. The van der Waals surface area contributed by atoms with E-state index in [1.165, 1.54) is 0 Å². The second kappa shape index (κ2) is 5.88. The van der Waals surface area contributed by atoms with Gasteiger partial charge in [0.05, 0.1) is 4.90 Å². The van der Waals surface area contributed by atoms with E-state index >= 15 is 0 Å². The fourth-order valence-corrected chi connectivity index (χ4v) is 3.82. The summed E-state index contributed by atoms with van der Waals surface area (Å²) in [6, 6.07) is 6.89. The van der Waals surface area contributed by atoms with Crippen LogP contribution in [0.3, 0.4) is 0 Å². The van der Waals surface area contributed by atoms with Gasteiger partial charge >= 0.3 is 0 Å². The van der Waals surface area contributed by atoms with E-state index in [1.54, 1.807) is 30.6 Å². The highest BCUT2D eigenvalue weighted by Gasteiger charge is 2.33. The molecule has 1 aromatic carbocycles. The first-order valence-electron chi connectivity index (χ1n) is 6.62. The Hall–Kier alpha value is -1.21. The highest BCUT2D eigenvalue weighted by molar-refractivity contribution is 7.89. The molecule has 1 fully saturated rings. The number of pyridine rings is 1. The van der Waals surface area contributed by atoms with Crippen LogP contribution in [-0.4, -0.2) is 25.5 Å². The van der Waals surface area contributed by atoms with Crippen molar-refractivity contribution in [3.05, 3.63) is 36.7 Å². The summed E-state index contributed by atoms with van der Waals surface area (Å²) in [4.78, 5) is 4.29. The summed E-state index contributed by atoms with van der Waals surface area (Å²) in [6.07, 6.45) is 6.06. The number of nitrogens with two attached hydrogens (primary N) is 1. The number of hydrogen-bond donors (Lipinski definition) is 2. The van der Waals surface area contributed by atoms with E-state index in [1.807, 2.05) is 6.07 Å². The van der Waals surface area contributed by atoms with Crippen molar-refractivity contribution in [2.24, 2.45) is 5.73 Å². The number of rotatable bonds is 4. The molecule has 0 aliphatic heterocycles. The number of benzene rings is 1. The molecule has 0 atom stereocenters. The lowest BCUT2D eigenvalue weighted by Crippen LogP contribution is -2.54. The number of sulfonamides is 1. The van der Waals surface area contributed by atoms with Gasteiger partial charge in [0.15, 0.2) is 0 Å². The van der Waals surface area contributed by atoms with E-state index < -0.39 is 10.0 Å². The molecule has 1 heterocycles. The van der Waals surface area contributed by atoms with Crippen molar-refractivity contribution >= 4 is 33.2 Å². The SMILES string of the molecule is Cl.NC1(CNS(=O)(=O)c2cccc3cnccc23)CCC1. The minimum Gasteiger partial charge on any atom is -0.324 e. The van der Waals surface area contributed by atoms with Crippen molar-refractivity contribution in [2.75, 3.05) is 6.54 Å². The van der Waals surface area contributed by atoms with Gasteiger partial charge in [0.1, 0.15) is 0 Å². The summed E-state index contributed by atoms with van der Waals surface area (Å²) < 4.78 is 27.5. The number of aromatic nitrogens is 1. The standard InChI is InChI=1S/C14H17N3O2S.ClH/c15-14(6-2-7-14)10-17-20(18,19)13-4-1-3-11-9-16-8-5-12(11)13;/h1,3-5,8-9,17H,2,6-7,10,15H2;1H. The molecule has 5 nitrogen and oxygen atoms in total. The van der Waals surface area contributed by atoms with Crippen LogP contribution in [0.2, 0.25) is 0 Å². The third-order valence-corrected chi connectivity index (χ3v) is 5.35. The summed E-state index contributed by atoms with van der Waals surface area (Å²) in [7, 11) is -3.55. The highest BCUT2D eigenvalue weighted by atomic mass is 35.5. The molecule has 7 heteroatoms. The molecule has 1 aliphatic rings. The second-order valence-corrected chi connectivity index (χ2v) is 7.13. The fourth-order valence-electron chi connectivity index (χ4n) is 2.45. The van der Waals surface area contributed by atoms with Gasteiger partial charge in [0.2, 0.25) is 10.0 Å².